The Labute approximate surface area is 150 Å². The lowest BCUT2D eigenvalue weighted by Crippen LogP contribution is -1.95. The van der Waals surface area contributed by atoms with Crippen molar-refractivity contribution in [2.75, 3.05) is 0 Å². The predicted octanol–water partition coefficient (Wildman–Crippen LogP) is 5.29. The highest BCUT2D eigenvalue weighted by Crippen LogP contribution is 2.34. The number of rotatable bonds is 2. The summed E-state index contributed by atoms with van der Waals surface area (Å²) >= 11 is 6.13. The van der Waals surface area contributed by atoms with Gasteiger partial charge >= 0.3 is 0 Å². The number of hydrogen-bond acceptors (Lipinski definition) is 2. The van der Waals surface area contributed by atoms with Gasteiger partial charge in [-0.2, -0.15) is 5.10 Å². The number of halogens is 1. The normalized spacial score (nSPS) is 12.0. The number of benzene rings is 3. The molecule has 0 N–H and O–H groups in total. The lowest BCUT2D eigenvalue weighted by Gasteiger charge is -2.02. The Balaban J connectivity index is 1.51. The first-order chi connectivity index (χ1) is 12.3. The maximum Gasteiger partial charge on any atom is 0.181 e. The van der Waals surface area contributed by atoms with E-state index in [1.807, 2.05) is 41.1 Å². The topological polar surface area (TPSA) is 30.7 Å². The van der Waals surface area contributed by atoms with Crippen molar-refractivity contribution in [2.24, 2.45) is 0 Å². The van der Waals surface area contributed by atoms with Crippen molar-refractivity contribution in [3.05, 3.63) is 83.4 Å². The zero-order valence-corrected chi connectivity index (χ0v) is 14.1. The molecule has 0 spiro atoms. The van der Waals surface area contributed by atoms with Crippen molar-refractivity contribution < 1.29 is 0 Å². The van der Waals surface area contributed by atoms with Crippen LogP contribution >= 0.6 is 11.6 Å². The van der Waals surface area contributed by atoms with Crippen molar-refractivity contribution in [2.45, 2.75) is 6.54 Å². The third-order valence-corrected chi connectivity index (χ3v) is 4.79. The number of nitrogens with zero attached hydrogens (tertiary/aromatic N) is 3. The summed E-state index contributed by atoms with van der Waals surface area (Å²) in [7, 11) is 0. The molecule has 1 aromatic heterocycles. The summed E-state index contributed by atoms with van der Waals surface area (Å²) in [5, 5.41) is 5.40. The van der Waals surface area contributed by atoms with Crippen LogP contribution in [0.3, 0.4) is 0 Å². The quantitative estimate of drug-likeness (QED) is 0.436. The molecule has 120 valence electrons. The second-order valence-electron chi connectivity index (χ2n) is 6.16. The molecule has 0 saturated carbocycles. The van der Waals surface area contributed by atoms with E-state index in [4.69, 9.17) is 16.6 Å². The maximum atomic E-state index is 6.13. The minimum Gasteiger partial charge on any atom is -0.241 e. The highest BCUT2D eigenvalue weighted by atomic mass is 35.5. The van der Waals surface area contributed by atoms with Crippen molar-refractivity contribution in [3.8, 4) is 33.9 Å². The summed E-state index contributed by atoms with van der Waals surface area (Å²) in [5.74, 6) is 1.64. The molecule has 0 radical (unpaired) electrons. The first-order valence-corrected chi connectivity index (χ1v) is 8.55. The van der Waals surface area contributed by atoms with Crippen molar-refractivity contribution in [1.82, 2.24) is 14.8 Å². The average molecular weight is 344 g/mol. The van der Waals surface area contributed by atoms with Crippen LogP contribution in [0.2, 0.25) is 5.02 Å². The summed E-state index contributed by atoms with van der Waals surface area (Å²) in [4.78, 5) is 4.74. The molecule has 1 aliphatic rings. The van der Waals surface area contributed by atoms with Gasteiger partial charge in [0.05, 0.1) is 6.54 Å². The highest BCUT2D eigenvalue weighted by molar-refractivity contribution is 6.30. The summed E-state index contributed by atoms with van der Waals surface area (Å²) in [6.45, 7) is 0.747. The van der Waals surface area contributed by atoms with Gasteiger partial charge in [-0.1, -0.05) is 72.3 Å². The van der Waals surface area contributed by atoms with Gasteiger partial charge in [0.15, 0.2) is 11.6 Å². The van der Waals surface area contributed by atoms with Gasteiger partial charge in [-0.05, 0) is 28.8 Å². The molecule has 0 fully saturated rings. The summed E-state index contributed by atoms with van der Waals surface area (Å²) in [6, 6.07) is 24.6. The molecule has 0 saturated heterocycles. The van der Waals surface area contributed by atoms with Crippen LogP contribution in [0.1, 0.15) is 5.56 Å². The second kappa shape index (κ2) is 5.57. The summed E-state index contributed by atoms with van der Waals surface area (Å²) in [5.41, 5.74) is 5.70. The molecule has 3 aromatic carbocycles. The molecule has 25 heavy (non-hydrogen) atoms. The molecule has 0 aliphatic carbocycles. The molecule has 1 aliphatic heterocycles. The molecule has 0 unspecified atom stereocenters. The standard InChI is InChI=1S/C21H14ClN3/c22-18-11-10-17-13-25-21(19(17)12-18)23-20(24-25)16-8-6-15(7-9-16)14-4-2-1-3-5-14/h1-12H,13H2. The Morgan fingerprint density at radius 3 is 2.32 bits per heavy atom. The van der Waals surface area contributed by atoms with Crippen LogP contribution in [0.4, 0.5) is 0 Å². The van der Waals surface area contributed by atoms with E-state index < -0.39 is 0 Å². The van der Waals surface area contributed by atoms with E-state index in [-0.39, 0.29) is 0 Å². The van der Waals surface area contributed by atoms with E-state index >= 15 is 0 Å². The van der Waals surface area contributed by atoms with E-state index in [0.29, 0.717) is 0 Å². The highest BCUT2D eigenvalue weighted by Gasteiger charge is 2.23. The van der Waals surface area contributed by atoms with Crippen molar-refractivity contribution >= 4 is 11.6 Å². The molecular weight excluding hydrogens is 330 g/mol. The minimum absolute atomic E-state index is 0.726. The van der Waals surface area contributed by atoms with Crippen LogP contribution in [0.15, 0.2) is 72.8 Å². The fourth-order valence-corrected chi connectivity index (χ4v) is 3.44. The van der Waals surface area contributed by atoms with Gasteiger partial charge in [0.2, 0.25) is 0 Å². The van der Waals surface area contributed by atoms with Crippen LogP contribution in [0, 0.1) is 0 Å². The Bertz CT molecular complexity index is 1070. The summed E-state index contributed by atoms with van der Waals surface area (Å²) in [6.07, 6.45) is 0. The minimum atomic E-state index is 0.726. The molecule has 0 bridgehead atoms. The van der Waals surface area contributed by atoms with E-state index in [1.165, 1.54) is 16.7 Å². The third-order valence-electron chi connectivity index (χ3n) is 4.55. The lowest BCUT2D eigenvalue weighted by molar-refractivity contribution is 0.722. The van der Waals surface area contributed by atoms with E-state index in [9.17, 15) is 0 Å². The van der Waals surface area contributed by atoms with E-state index in [2.05, 4.69) is 41.5 Å². The zero-order chi connectivity index (χ0) is 16.8. The monoisotopic (exact) mass is 343 g/mol. The average Bonchev–Trinajstić information content (AvgIpc) is 3.21. The zero-order valence-electron chi connectivity index (χ0n) is 13.4. The molecule has 0 atom stereocenters. The second-order valence-corrected chi connectivity index (χ2v) is 6.60. The smallest absolute Gasteiger partial charge is 0.181 e. The third kappa shape index (κ3) is 2.44. The maximum absolute atomic E-state index is 6.13. The Kier molecular flexibility index (Phi) is 3.22. The SMILES string of the molecule is Clc1ccc2c(c1)-c1nc(-c3ccc(-c4ccccc4)cc3)nn1C2. The number of hydrogen-bond donors (Lipinski definition) is 0. The lowest BCUT2D eigenvalue weighted by atomic mass is 10.0. The largest absolute Gasteiger partial charge is 0.241 e. The number of aromatic nitrogens is 3. The van der Waals surface area contributed by atoms with Gasteiger partial charge in [0.25, 0.3) is 0 Å². The van der Waals surface area contributed by atoms with Crippen LogP contribution in [-0.4, -0.2) is 14.8 Å². The van der Waals surface area contributed by atoms with Gasteiger partial charge in [0, 0.05) is 16.1 Å². The van der Waals surface area contributed by atoms with E-state index in [1.54, 1.807) is 0 Å². The molecule has 4 heteroatoms. The van der Waals surface area contributed by atoms with Crippen LogP contribution < -0.4 is 0 Å². The van der Waals surface area contributed by atoms with Crippen molar-refractivity contribution in [3.63, 3.8) is 0 Å². The van der Waals surface area contributed by atoms with Gasteiger partial charge < -0.3 is 0 Å². The van der Waals surface area contributed by atoms with Gasteiger partial charge in [0.1, 0.15) is 0 Å². The Morgan fingerprint density at radius 2 is 1.52 bits per heavy atom. The fraction of sp³-hybridized carbons (Fsp3) is 0.0476. The molecule has 3 nitrogen and oxygen atoms in total. The van der Waals surface area contributed by atoms with Gasteiger partial charge in [-0.25, -0.2) is 9.67 Å². The van der Waals surface area contributed by atoms with Crippen LogP contribution in [0.25, 0.3) is 33.9 Å². The predicted molar refractivity (Wildman–Crippen MR) is 100 cm³/mol. The first kappa shape index (κ1) is 14.4. The molecule has 5 rings (SSSR count). The molecule has 4 aromatic rings. The van der Waals surface area contributed by atoms with Crippen molar-refractivity contribution in [1.29, 1.82) is 0 Å². The van der Waals surface area contributed by atoms with Gasteiger partial charge in [-0.15, -0.1) is 0 Å². The Morgan fingerprint density at radius 1 is 0.800 bits per heavy atom. The van der Waals surface area contributed by atoms with Gasteiger partial charge in [-0.3, -0.25) is 0 Å². The van der Waals surface area contributed by atoms with Crippen LogP contribution in [-0.2, 0) is 6.54 Å². The fourth-order valence-electron chi connectivity index (χ4n) is 3.27. The van der Waals surface area contributed by atoms with Crippen LogP contribution in [0.5, 0.6) is 0 Å². The molecule has 2 heterocycles. The molecular formula is C21H14ClN3. The summed E-state index contributed by atoms with van der Waals surface area (Å²) < 4.78 is 1.95. The first-order valence-electron chi connectivity index (χ1n) is 8.17. The molecule has 0 amide bonds. The number of fused-ring (bicyclic) bond motifs is 3. The van der Waals surface area contributed by atoms with E-state index in [0.717, 1.165) is 34.3 Å². The Hall–Kier alpha value is -2.91.